The molecule has 4 heterocycles. The number of aliphatic carboxylic acids is 1. The summed E-state index contributed by atoms with van der Waals surface area (Å²) in [5.41, 5.74) is 0.0201. The number of likely N-dealkylation sites (N-methyl/N-ethyl adjacent to an activating group) is 1. The predicted octanol–water partition coefficient (Wildman–Crippen LogP) is -0.825. The largest absolute Gasteiger partial charge is 0.477 e. The van der Waals surface area contributed by atoms with Crippen LogP contribution in [0.15, 0.2) is 10.6 Å². The van der Waals surface area contributed by atoms with E-state index >= 15 is 0 Å². The molecule has 3 fully saturated rings. The number of rotatable bonds is 8. The van der Waals surface area contributed by atoms with Crippen LogP contribution >= 0.6 is 11.8 Å². The maximum absolute atomic E-state index is 12.6. The highest BCUT2D eigenvalue weighted by Gasteiger charge is 2.60. The topological polar surface area (TPSA) is 142 Å². The number of carboxylic acid groups (broad SMARTS) is 1. The number of likely N-dealkylation sites (tertiary alicyclic amines) is 1. The van der Waals surface area contributed by atoms with Crippen molar-refractivity contribution in [3.05, 3.63) is 10.6 Å². The lowest BCUT2D eigenvalue weighted by Gasteiger charge is -2.46. The molecule has 0 bridgehead atoms. The minimum atomic E-state index is -1.14. The van der Waals surface area contributed by atoms with Crippen molar-refractivity contribution in [2.24, 2.45) is 11.8 Å². The first-order chi connectivity index (χ1) is 15.6. The molecule has 4 aliphatic rings. The van der Waals surface area contributed by atoms with Crippen molar-refractivity contribution >= 4 is 29.5 Å². The number of thioether (sulfide) groups is 1. The average molecular weight is 483 g/mol. The van der Waals surface area contributed by atoms with Gasteiger partial charge in [0, 0.05) is 47.8 Å². The molecule has 4 aliphatic heterocycles. The van der Waals surface area contributed by atoms with Gasteiger partial charge in [-0.05, 0) is 26.8 Å². The molecule has 0 saturated carbocycles. The van der Waals surface area contributed by atoms with E-state index in [0.717, 1.165) is 6.42 Å². The Hall–Kier alpha value is -1.66. The minimum absolute atomic E-state index is 0.0193. The Morgan fingerprint density at radius 1 is 1.33 bits per heavy atom. The second-order valence-electron chi connectivity index (χ2n) is 9.65. The van der Waals surface area contributed by atoms with E-state index in [1.165, 1.54) is 16.7 Å². The molecule has 0 unspecified atom stereocenters. The van der Waals surface area contributed by atoms with Gasteiger partial charge in [0.05, 0.1) is 30.6 Å². The summed E-state index contributed by atoms with van der Waals surface area (Å²) in [7, 11) is 1.88. The summed E-state index contributed by atoms with van der Waals surface area (Å²) in [6.45, 7) is 5.40. The summed E-state index contributed by atoms with van der Waals surface area (Å²) in [6.07, 6.45) is -0.0730. The first-order valence-corrected chi connectivity index (χ1v) is 12.5. The summed E-state index contributed by atoms with van der Waals surface area (Å²) < 4.78 is 0. The van der Waals surface area contributed by atoms with Crippen molar-refractivity contribution in [3.63, 3.8) is 0 Å². The van der Waals surface area contributed by atoms with Crippen LogP contribution in [0.2, 0.25) is 0 Å². The Balaban J connectivity index is 1.36. The van der Waals surface area contributed by atoms with Crippen molar-refractivity contribution in [3.8, 4) is 0 Å². The number of hydrogen-bond donors (Lipinski definition) is 5. The molecular weight excluding hydrogens is 448 g/mol. The molecule has 184 valence electrons. The Labute approximate surface area is 197 Å². The third-order valence-electron chi connectivity index (χ3n) is 7.53. The average Bonchev–Trinajstić information content (AvgIpc) is 3.46. The van der Waals surface area contributed by atoms with Gasteiger partial charge in [0.2, 0.25) is 11.8 Å². The normalized spacial score (nSPS) is 35.6. The number of carbonyl (C=O) groups is 3. The van der Waals surface area contributed by atoms with Crippen LogP contribution in [0.1, 0.15) is 33.1 Å². The van der Waals surface area contributed by atoms with Crippen LogP contribution in [-0.4, -0.2) is 105 Å². The lowest BCUT2D eigenvalue weighted by atomic mass is 9.79. The van der Waals surface area contributed by atoms with Crippen molar-refractivity contribution in [1.29, 1.82) is 0 Å². The quantitative estimate of drug-likeness (QED) is 0.280. The monoisotopic (exact) mass is 482 g/mol. The van der Waals surface area contributed by atoms with Gasteiger partial charge in [-0.3, -0.25) is 9.59 Å². The molecule has 0 aromatic rings. The highest BCUT2D eigenvalue weighted by molar-refractivity contribution is 8.03. The molecule has 0 aliphatic carbocycles. The molecule has 2 amide bonds. The lowest BCUT2D eigenvalue weighted by molar-refractivity contribution is -0.163. The van der Waals surface area contributed by atoms with Crippen LogP contribution < -0.4 is 10.6 Å². The molecular formula is C22H34N4O6S. The van der Waals surface area contributed by atoms with Gasteiger partial charge in [0.1, 0.15) is 5.70 Å². The number of aliphatic hydroxyl groups is 2. The fourth-order valence-electron chi connectivity index (χ4n) is 5.65. The predicted molar refractivity (Wildman–Crippen MR) is 122 cm³/mol. The highest BCUT2D eigenvalue weighted by atomic mass is 32.2. The lowest BCUT2D eigenvalue weighted by Crippen LogP contribution is -2.63. The third kappa shape index (κ3) is 4.41. The highest BCUT2D eigenvalue weighted by Crippen LogP contribution is 2.51. The van der Waals surface area contributed by atoms with E-state index in [2.05, 4.69) is 10.6 Å². The molecule has 0 spiro atoms. The molecule has 11 heteroatoms. The van der Waals surface area contributed by atoms with E-state index < -0.39 is 24.1 Å². The Morgan fingerprint density at radius 3 is 2.67 bits per heavy atom. The van der Waals surface area contributed by atoms with E-state index in [1.54, 1.807) is 11.8 Å². The van der Waals surface area contributed by atoms with Gasteiger partial charge in [-0.2, -0.15) is 0 Å². The van der Waals surface area contributed by atoms with Crippen molar-refractivity contribution in [1.82, 2.24) is 20.4 Å². The van der Waals surface area contributed by atoms with E-state index in [9.17, 15) is 29.7 Å². The maximum Gasteiger partial charge on any atom is 0.353 e. The second-order valence-corrected chi connectivity index (χ2v) is 11.0. The van der Waals surface area contributed by atoms with Crippen molar-refractivity contribution in [2.75, 3.05) is 26.7 Å². The number of nitrogens with one attached hydrogen (secondary N) is 2. The van der Waals surface area contributed by atoms with E-state index in [1.807, 2.05) is 14.0 Å². The SMILES string of the molecule is CN[C@H]1CCN(C(=O)C[C@@H](O)[C@@H]2C[C@H](SC3=C(C(=O)O)N4C(=O)[C@H]([C@@H](C)O)[C@H]4[C@H]3C)CN2)C1. The van der Waals surface area contributed by atoms with Gasteiger partial charge < -0.3 is 35.8 Å². The zero-order valence-electron chi connectivity index (χ0n) is 19.2. The molecule has 5 N–H and O–H groups in total. The minimum Gasteiger partial charge on any atom is -0.477 e. The number of aliphatic hydroxyl groups excluding tert-OH is 2. The Kier molecular flexibility index (Phi) is 7.07. The molecule has 0 aromatic heterocycles. The maximum atomic E-state index is 12.6. The van der Waals surface area contributed by atoms with Crippen LogP contribution in [-0.2, 0) is 14.4 Å². The summed E-state index contributed by atoms with van der Waals surface area (Å²) in [5.74, 6) is -2.29. The standard InChI is InChI=1S/C22H34N4O6S/c1-10-18-17(11(2)27)21(30)26(18)19(22(31)32)20(10)33-13-6-14(24-8-13)15(28)7-16(29)25-5-4-12(9-25)23-3/h10-15,17-18,23-24,27-28H,4-9H2,1-3H3,(H,31,32)/t10-,11-,12+,13+,14+,15-,17-,18-/m1/s1. The zero-order chi connectivity index (χ0) is 24.0. The summed E-state index contributed by atoms with van der Waals surface area (Å²) in [5, 5.41) is 36.9. The van der Waals surface area contributed by atoms with Crippen LogP contribution in [0.3, 0.4) is 0 Å². The summed E-state index contributed by atoms with van der Waals surface area (Å²) in [4.78, 5) is 40.8. The Morgan fingerprint density at radius 2 is 2.06 bits per heavy atom. The van der Waals surface area contributed by atoms with Crippen LogP contribution in [0, 0.1) is 11.8 Å². The van der Waals surface area contributed by atoms with Crippen molar-refractivity contribution in [2.45, 2.75) is 68.7 Å². The fourth-order valence-corrected chi connectivity index (χ4v) is 7.14. The number of β-lactam (4-membered cyclic amide) rings is 1. The molecule has 10 nitrogen and oxygen atoms in total. The first kappa shape index (κ1) is 24.5. The third-order valence-corrected chi connectivity index (χ3v) is 9.04. The number of carbonyl (C=O) groups excluding carboxylic acids is 2. The molecule has 0 radical (unpaired) electrons. The van der Waals surface area contributed by atoms with Gasteiger partial charge in [0.25, 0.3) is 0 Å². The molecule has 33 heavy (non-hydrogen) atoms. The smallest absolute Gasteiger partial charge is 0.353 e. The number of nitrogens with zero attached hydrogens (tertiary/aromatic N) is 2. The van der Waals surface area contributed by atoms with Crippen LogP contribution in [0.5, 0.6) is 0 Å². The van der Waals surface area contributed by atoms with Gasteiger partial charge in [0.15, 0.2) is 0 Å². The number of carboxylic acids is 1. The van der Waals surface area contributed by atoms with Crippen LogP contribution in [0.25, 0.3) is 0 Å². The Bertz CT molecular complexity index is 851. The summed E-state index contributed by atoms with van der Waals surface area (Å²) >= 11 is 1.44. The number of hydrogen-bond acceptors (Lipinski definition) is 8. The molecule has 8 atom stereocenters. The molecule has 4 rings (SSSR count). The van der Waals surface area contributed by atoms with Gasteiger partial charge in [-0.25, -0.2) is 4.79 Å². The molecule has 3 saturated heterocycles. The van der Waals surface area contributed by atoms with E-state index in [0.29, 0.717) is 37.0 Å². The van der Waals surface area contributed by atoms with E-state index in [4.69, 9.17) is 0 Å². The summed E-state index contributed by atoms with van der Waals surface area (Å²) in [6, 6.07) is -0.280. The number of fused-ring (bicyclic) bond motifs is 1. The van der Waals surface area contributed by atoms with Crippen LogP contribution in [0.4, 0.5) is 0 Å². The van der Waals surface area contributed by atoms with Gasteiger partial charge >= 0.3 is 5.97 Å². The molecule has 0 aromatic carbocycles. The second kappa shape index (κ2) is 9.53. The van der Waals surface area contributed by atoms with Crippen molar-refractivity contribution < 1.29 is 29.7 Å². The van der Waals surface area contributed by atoms with E-state index in [-0.39, 0.29) is 47.2 Å². The zero-order valence-corrected chi connectivity index (χ0v) is 20.0. The first-order valence-electron chi connectivity index (χ1n) is 11.7. The van der Waals surface area contributed by atoms with Gasteiger partial charge in [-0.1, -0.05) is 6.92 Å². The number of amides is 2. The fraction of sp³-hybridized carbons (Fsp3) is 0.773. The van der Waals surface area contributed by atoms with Gasteiger partial charge in [-0.15, -0.1) is 11.8 Å².